The first-order valence-electron chi connectivity index (χ1n) is 12.5. The molecular formula is C30H22F3N3O4. The van der Waals surface area contributed by atoms with E-state index in [4.69, 9.17) is 4.74 Å². The molecule has 6 rings (SSSR count). The summed E-state index contributed by atoms with van der Waals surface area (Å²) in [7, 11) is 0. The van der Waals surface area contributed by atoms with Crippen LogP contribution in [-0.2, 0) is 5.41 Å². The zero-order valence-corrected chi connectivity index (χ0v) is 20.9. The van der Waals surface area contributed by atoms with Gasteiger partial charge >= 0.3 is 12.0 Å². The SMILES string of the molecule is O=C(O)c1ccc(-c2c(C3(COc4ncccn4)CCC3)n(-c3ccc(F)c(F)c3)c3cc(F)cc(O)c23)cc1. The number of halogens is 3. The number of carbonyl (C=O) groups is 1. The average molecular weight is 546 g/mol. The first-order chi connectivity index (χ1) is 19.3. The van der Waals surface area contributed by atoms with Gasteiger partial charge in [0.2, 0.25) is 0 Å². The highest BCUT2D eigenvalue weighted by atomic mass is 19.2. The maximum atomic E-state index is 14.8. The van der Waals surface area contributed by atoms with Crippen molar-refractivity contribution in [2.45, 2.75) is 24.7 Å². The number of hydrogen-bond acceptors (Lipinski definition) is 5. The number of rotatable bonds is 7. The standard InChI is InChI=1S/C30H22F3N3O4/c31-19-13-23-26(24(37)14-19)25(17-3-5-18(6-4-17)28(38)39)27(36(23)20-7-8-21(32)22(33)15-20)30(9-1-10-30)16-40-29-34-11-2-12-35-29/h2-8,11-15,37H,1,9-10,16H2,(H,38,39). The van der Waals surface area contributed by atoms with Crippen LogP contribution in [0.4, 0.5) is 13.2 Å². The lowest BCUT2D eigenvalue weighted by atomic mass is 9.65. The van der Waals surface area contributed by atoms with Crippen molar-refractivity contribution in [2.24, 2.45) is 0 Å². The minimum atomic E-state index is -1.10. The fraction of sp³-hybridized carbons (Fsp3) is 0.167. The summed E-state index contributed by atoms with van der Waals surface area (Å²) < 4.78 is 50.9. The van der Waals surface area contributed by atoms with Crippen LogP contribution in [0.15, 0.2) is 73.1 Å². The minimum Gasteiger partial charge on any atom is -0.507 e. The van der Waals surface area contributed by atoms with Crippen molar-refractivity contribution in [1.82, 2.24) is 14.5 Å². The van der Waals surface area contributed by atoms with E-state index >= 15 is 0 Å². The summed E-state index contributed by atoms with van der Waals surface area (Å²) in [5.74, 6) is -4.30. The molecule has 1 aliphatic carbocycles. The molecule has 0 saturated heterocycles. The number of aromatic hydroxyl groups is 1. The summed E-state index contributed by atoms with van der Waals surface area (Å²) in [5, 5.41) is 20.8. The van der Waals surface area contributed by atoms with Crippen LogP contribution in [0.3, 0.4) is 0 Å². The maximum Gasteiger partial charge on any atom is 0.335 e. The molecule has 40 heavy (non-hydrogen) atoms. The van der Waals surface area contributed by atoms with Gasteiger partial charge in [0.05, 0.1) is 16.5 Å². The number of aromatic carboxylic acids is 1. The van der Waals surface area contributed by atoms with Gasteiger partial charge in [-0.1, -0.05) is 18.6 Å². The molecule has 0 radical (unpaired) electrons. The van der Waals surface area contributed by atoms with Crippen molar-refractivity contribution >= 4 is 16.9 Å². The Labute approximate surface area is 226 Å². The van der Waals surface area contributed by atoms with Crippen LogP contribution in [0.5, 0.6) is 11.8 Å². The molecule has 0 aliphatic heterocycles. The third kappa shape index (κ3) is 4.21. The van der Waals surface area contributed by atoms with E-state index in [0.717, 1.165) is 24.6 Å². The highest BCUT2D eigenvalue weighted by Crippen LogP contribution is 2.53. The van der Waals surface area contributed by atoms with Crippen molar-refractivity contribution in [1.29, 1.82) is 0 Å². The van der Waals surface area contributed by atoms with Gasteiger partial charge in [-0.15, -0.1) is 0 Å². The van der Waals surface area contributed by atoms with Crippen molar-refractivity contribution in [3.05, 3.63) is 102 Å². The van der Waals surface area contributed by atoms with E-state index in [2.05, 4.69) is 9.97 Å². The zero-order chi connectivity index (χ0) is 28.0. The largest absolute Gasteiger partial charge is 0.507 e. The lowest BCUT2D eigenvalue weighted by Crippen LogP contribution is -2.42. The summed E-state index contributed by atoms with van der Waals surface area (Å²) >= 11 is 0. The van der Waals surface area contributed by atoms with E-state index in [9.17, 15) is 28.2 Å². The molecule has 0 bridgehead atoms. The summed E-state index contributed by atoms with van der Waals surface area (Å²) in [5.41, 5.74) is 1.44. The lowest BCUT2D eigenvalue weighted by Gasteiger charge is -2.43. The molecule has 2 N–H and O–H groups in total. The number of nitrogens with zero attached hydrogens (tertiary/aromatic N) is 3. The Bertz CT molecular complexity index is 1750. The molecule has 2 heterocycles. The molecule has 10 heteroatoms. The Morgan fingerprint density at radius 3 is 2.33 bits per heavy atom. The van der Waals surface area contributed by atoms with Crippen LogP contribution in [-0.4, -0.2) is 37.3 Å². The molecular weight excluding hydrogens is 523 g/mol. The Hall–Kier alpha value is -4.86. The van der Waals surface area contributed by atoms with Crippen LogP contribution in [0.1, 0.15) is 35.3 Å². The fourth-order valence-electron chi connectivity index (χ4n) is 5.43. The zero-order valence-electron chi connectivity index (χ0n) is 20.9. The number of phenolic OH excluding ortho intramolecular Hbond substituents is 1. The molecule has 1 fully saturated rings. The van der Waals surface area contributed by atoms with Gasteiger partial charge in [0.25, 0.3) is 0 Å². The number of carboxylic acids is 1. The first kappa shape index (κ1) is 25.4. The monoisotopic (exact) mass is 545 g/mol. The molecule has 7 nitrogen and oxygen atoms in total. The minimum absolute atomic E-state index is 0.0628. The van der Waals surface area contributed by atoms with Crippen molar-refractivity contribution in [2.75, 3.05) is 6.61 Å². The second kappa shape index (κ2) is 9.71. The molecule has 1 saturated carbocycles. The van der Waals surface area contributed by atoms with E-state index < -0.39 is 28.8 Å². The van der Waals surface area contributed by atoms with E-state index in [1.54, 1.807) is 35.2 Å². The fourth-order valence-corrected chi connectivity index (χ4v) is 5.43. The second-order valence-electron chi connectivity index (χ2n) is 9.81. The van der Waals surface area contributed by atoms with Gasteiger partial charge in [0.15, 0.2) is 11.6 Å². The van der Waals surface area contributed by atoms with E-state index in [1.165, 1.54) is 24.3 Å². The quantitative estimate of drug-likeness (QED) is 0.245. The van der Waals surface area contributed by atoms with Gasteiger partial charge in [0.1, 0.15) is 18.2 Å². The van der Waals surface area contributed by atoms with Crippen molar-refractivity contribution in [3.8, 4) is 28.6 Å². The van der Waals surface area contributed by atoms with Crippen molar-refractivity contribution in [3.63, 3.8) is 0 Å². The van der Waals surface area contributed by atoms with Gasteiger partial charge in [-0.25, -0.2) is 27.9 Å². The van der Waals surface area contributed by atoms with Crippen molar-refractivity contribution < 1.29 is 32.9 Å². The molecule has 2 aromatic heterocycles. The molecule has 0 amide bonds. The summed E-state index contributed by atoms with van der Waals surface area (Å²) in [6.07, 6.45) is 5.18. The highest BCUT2D eigenvalue weighted by molar-refractivity contribution is 6.04. The molecule has 5 aromatic rings. The number of carboxylic acid groups (broad SMARTS) is 1. The van der Waals surface area contributed by atoms with Crippen LogP contribution >= 0.6 is 0 Å². The van der Waals surface area contributed by atoms with Gasteiger partial charge in [-0.3, -0.25) is 0 Å². The third-order valence-corrected chi connectivity index (χ3v) is 7.43. The molecule has 202 valence electrons. The number of hydrogen-bond donors (Lipinski definition) is 2. The number of fused-ring (bicyclic) bond motifs is 1. The molecule has 3 aromatic carbocycles. The average Bonchev–Trinajstić information content (AvgIpc) is 3.25. The predicted octanol–water partition coefficient (Wildman–Crippen LogP) is 6.41. The van der Waals surface area contributed by atoms with E-state index in [0.29, 0.717) is 29.7 Å². The maximum absolute atomic E-state index is 14.8. The Balaban J connectivity index is 1.67. The summed E-state index contributed by atoms with van der Waals surface area (Å²) in [6.45, 7) is 0.112. The van der Waals surface area contributed by atoms with E-state index in [1.807, 2.05) is 0 Å². The third-order valence-electron chi connectivity index (χ3n) is 7.43. The Morgan fingerprint density at radius 1 is 0.975 bits per heavy atom. The number of phenols is 1. The van der Waals surface area contributed by atoms with Crippen LogP contribution in [0.25, 0.3) is 27.7 Å². The molecule has 0 spiro atoms. The second-order valence-corrected chi connectivity index (χ2v) is 9.81. The lowest BCUT2D eigenvalue weighted by molar-refractivity contribution is 0.0697. The van der Waals surface area contributed by atoms with Crippen LogP contribution in [0, 0.1) is 17.5 Å². The number of aromatic nitrogens is 3. The normalized spacial score (nSPS) is 14.2. The van der Waals surface area contributed by atoms with Gasteiger partial charge in [-0.2, -0.15) is 0 Å². The number of ether oxygens (including phenoxy) is 1. The Morgan fingerprint density at radius 2 is 1.70 bits per heavy atom. The van der Waals surface area contributed by atoms with Gasteiger partial charge in [0, 0.05) is 46.9 Å². The summed E-state index contributed by atoms with van der Waals surface area (Å²) in [6, 6.07) is 13.5. The van der Waals surface area contributed by atoms with Crippen LogP contribution in [0.2, 0.25) is 0 Å². The molecule has 1 aliphatic rings. The smallest absolute Gasteiger partial charge is 0.335 e. The van der Waals surface area contributed by atoms with Crippen LogP contribution < -0.4 is 4.74 Å². The van der Waals surface area contributed by atoms with E-state index in [-0.39, 0.29) is 40.5 Å². The van der Waals surface area contributed by atoms with Gasteiger partial charge < -0.3 is 19.5 Å². The summed E-state index contributed by atoms with van der Waals surface area (Å²) in [4.78, 5) is 19.8. The Kier molecular flexibility index (Phi) is 6.17. The molecule has 0 atom stereocenters. The van der Waals surface area contributed by atoms with Gasteiger partial charge in [-0.05, 0) is 54.8 Å². The topological polar surface area (TPSA) is 97.5 Å². The molecule has 0 unspecified atom stereocenters. The number of benzene rings is 3. The first-order valence-corrected chi connectivity index (χ1v) is 12.5. The highest BCUT2D eigenvalue weighted by Gasteiger charge is 2.45. The predicted molar refractivity (Wildman–Crippen MR) is 140 cm³/mol.